The number of rotatable bonds is 4. The van der Waals surface area contributed by atoms with Crippen LogP contribution in [0.25, 0.3) is 11.6 Å². The van der Waals surface area contributed by atoms with Gasteiger partial charge >= 0.3 is 12.1 Å². The molecule has 2 aromatic rings. The van der Waals surface area contributed by atoms with Crippen LogP contribution in [0.3, 0.4) is 0 Å². The fraction of sp³-hybridized carbons (Fsp3) is 0.227. The van der Waals surface area contributed by atoms with Crippen molar-refractivity contribution in [2.45, 2.75) is 19.0 Å². The summed E-state index contributed by atoms with van der Waals surface area (Å²) in [6.07, 6.45) is 2.95. The van der Waals surface area contributed by atoms with Gasteiger partial charge in [0.1, 0.15) is 5.82 Å². The minimum Gasteiger partial charge on any atom is -0.339 e. The minimum atomic E-state index is -4.98. The van der Waals surface area contributed by atoms with Crippen molar-refractivity contribution in [3.8, 4) is 0 Å². The van der Waals surface area contributed by atoms with Crippen molar-refractivity contribution in [1.29, 1.82) is 0 Å². The van der Waals surface area contributed by atoms with Crippen LogP contribution in [0.5, 0.6) is 0 Å². The van der Waals surface area contributed by atoms with Crippen molar-refractivity contribution < 1.29 is 22.8 Å². The predicted molar refractivity (Wildman–Crippen MR) is 108 cm³/mol. The maximum absolute atomic E-state index is 12.5. The number of nitrogens with one attached hydrogen (secondary N) is 1. The lowest BCUT2D eigenvalue weighted by molar-refractivity contribution is -0.167. The van der Waals surface area contributed by atoms with E-state index >= 15 is 0 Å². The Kier molecular flexibility index (Phi) is 6.66. The van der Waals surface area contributed by atoms with Crippen LogP contribution in [-0.2, 0) is 9.59 Å². The zero-order valence-corrected chi connectivity index (χ0v) is 16.0. The summed E-state index contributed by atoms with van der Waals surface area (Å²) in [5.41, 5.74) is 2.91. The summed E-state index contributed by atoms with van der Waals surface area (Å²) >= 11 is 0. The van der Waals surface area contributed by atoms with Crippen LogP contribution in [-0.4, -0.2) is 41.0 Å². The number of halogens is 3. The summed E-state index contributed by atoms with van der Waals surface area (Å²) in [4.78, 5) is 28.9. The van der Waals surface area contributed by atoms with Crippen LogP contribution >= 0.6 is 0 Å². The van der Waals surface area contributed by atoms with E-state index in [2.05, 4.69) is 23.2 Å². The molecule has 8 heteroatoms. The van der Waals surface area contributed by atoms with E-state index in [1.54, 1.807) is 16.3 Å². The lowest BCUT2D eigenvalue weighted by Crippen LogP contribution is -2.30. The van der Waals surface area contributed by atoms with E-state index in [1.807, 2.05) is 18.2 Å². The van der Waals surface area contributed by atoms with Crippen LogP contribution in [0.4, 0.5) is 19.0 Å². The number of anilines is 1. The molecule has 0 saturated carbocycles. The third-order valence-electron chi connectivity index (χ3n) is 4.60. The molecule has 0 bridgehead atoms. The normalized spacial score (nSPS) is 14.9. The molecule has 0 spiro atoms. The maximum atomic E-state index is 12.5. The average molecular weight is 415 g/mol. The quantitative estimate of drug-likeness (QED) is 0.758. The molecule has 1 aliphatic rings. The molecule has 30 heavy (non-hydrogen) atoms. The summed E-state index contributed by atoms with van der Waals surface area (Å²) < 4.78 is 36.8. The van der Waals surface area contributed by atoms with Crippen LogP contribution in [0, 0.1) is 0 Å². The van der Waals surface area contributed by atoms with Gasteiger partial charge in [0.05, 0.1) is 0 Å². The molecule has 2 amide bonds. The molecule has 0 fully saturated rings. The highest BCUT2D eigenvalue weighted by molar-refractivity contribution is 5.94. The minimum absolute atomic E-state index is 0.146. The monoisotopic (exact) mass is 415 g/mol. The molecule has 1 aromatic carbocycles. The summed E-state index contributed by atoms with van der Waals surface area (Å²) in [6.45, 7) is 1.21. The SMILES string of the molecule is O=C(/C=C/c1ccc(NC(=O)C(F)(F)F)nc1)N1CCC=C(c2ccccc2)CC1. The first-order valence-corrected chi connectivity index (χ1v) is 9.38. The van der Waals surface area contributed by atoms with E-state index in [-0.39, 0.29) is 11.7 Å². The highest BCUT2D eigenvalue weighted by Crippen LogP contribution is 2.22. The molecule has 2 heterocycles. The molecule has 1 N–H and O–H groups in total. The van der Waals surface area contributed by atoms with Crippen LogP contribution in [0.2, 0.25) is 0 Å². The molecular weight excluding hydrogens is 395 g/mol. The molecule has 156 valence electrons. The number of amides is 2. The van der Waals surface area contributed by atoms with Crippen LogP contribution < -0.4 is 5.32 Å². The summed E-state index contributed by atoms with van der Waals surface area (Å²) in [5.74, 6) is -2.45. The Labute approximate surface area is 171 Å². The van der Waals surface area contributed by atoms with Gasteiger partial charge < -0.3 is 10.2 Å². The number of nitrogens with zero attached hydrogens (tertiary/aromatic N) is 2. The zero-order valence-electron chi connectivity index (χ0n) is 16.0. The topological polar surface area (TPSA) is 62.3 Å². The average Bonchev–Trinajstić information content (AvgIpc) is 2.99. The highest BCUT2D eigenvalue weighted by atomic mass is 19.4. The smallest absolute Gasteiger partial charge is 0.339 e. The lowest BCUT2D eigenvalue weighted by Gasteiger charge is -2.18. The van der Waals surface area contributed by atoms with Crippen LogP contribution in [0.15, 0.2) is 60.8 Å². The first-order valence-electron chi connectivity index (χ1n) is 9.38. The van der Waals surface area contributed by atoms with Crippen molar-refractivity contribution in [3.63, 3.8) is 0 Å². The highest BCUT2D eigenvalue weighted by Gasteiger charge is 2.38. The predicted octanol–water partition coefficient (Wildman–Crippen LogP) is 4.30. The Hall–Kier alpha value is -3.42. The van der Waals surface area contributed by atoms with E-state index in [9.17, 15) is 22.8 Å². The third kappa shape index (κ3) is 5.79. The molecule has 5 nitrogen and oxygen atoms in total. The van der Waals surface area contributed by atoms with Gasteiger partial charge in [0.25, 0.3) is 0 Å². The van der Waals surface area contributed by atoms with Gasteiger partial charge in [0, 0.05) is 25.4 Å². The standard InChI is InChI=1S/C22H20F3N3O2/c23-22(24,25)21(30)27-19-10-8-16(15-26-19)9-11-20(29)28-13-4-7-18(12-14-28)17-5-2-1-3-6-17/h1-3,5-11,15H,4,12-14H2,(H,26,27,30)/b11-9+. The Morgan fingerprint density at radius 1 is 1.07 bits per heavy atom. The van der Waals surface area contributed by atoms with E-state index in [1.165, 1.54) is 30.0 Å². The van der Waals surface area contributed by atoms with Crippen molar-refractivity contribution in [1.82, 2.24) is 9.88 Å². The van der Waals surface area contributed by atoms with Crippen molar-refractivity contribution >= 4 is 29.3 Å². The van der Waals surface area contributed by atoms with Gasteiger partial charge in [0.2, 0.25) is 5.91 Å². The second-order valence-corrected chi connectivity index (χ2v) is 6.72. The number of carbonyl (C=O) groups excluding carboxylic acids is 2. The second kappa shape index (κ2) is 9.39. The molecule has 0 aliphatic carbocycles. The van der Waals surface area contributed by atoms with Gasteiger partial charge in [0.15, 0.2) is 0 Å². The molecule has 0 saturated heterocycles. The molecular formula is C22H20F3N3O2. The Bertz CT molecular complexity index is 952. The molecule has 0 unspecified atom stereocenters. The van der Waals surface area contributed by atoms with E-state index in [0.29, 0.717) is 18.7 Å². The fourth-order valence-electron chi connectivity index (χ4n) is 3.04. The molecule has 1 aliphatic heterocycles. The van der Waals surface area contributed by atoms with Gasteiger partial charge in [-0.2, -0.15) is 13.2 Å². The number of hydrogen-bond acceptors (Lipinski definition) is 3. The fourth-order valence-corrected chi connectivity index (χ4v) is 3.04. The second-order valence-electron chi connectivity index (χ2n) is 6.72. The number of aromatic nitrogens is 1. The van der Waals surface area contributed by atoms with E-state index < -0.39 is 12.1 Å². The molecule has 3 rings (SSSR count). The van der Waals surface area contributed by atoms with Gasteiger partial charge in [-0.15, -0.1) is 0 Å². The summed E-state index contributed by atoms with van der Waals surface area (Å²) in [5, 5.41) is 1.67. The van der Waals surface area contributed by atoms with Gasteiger partial charge in [-0.05, 0) is 47.8 Å². The van der Waals surface area contributed by atoms with Crippen molar-refractivity contribution in [2.75, 3.05) is 18.4 Å². The molecule has 1 aromatic heterocycles. The number of alkyl halides is 3. The van der Waals surface area contributed by atoms with Gasteiger partial charge in [-0.3, -0.25) is 9.59 Å². The summed E-state index contributed by atoms with van der Waals surface area (Å²) in [7, 11) is 0. The van der Waals surface area contributed by atoms with Gasteiger partial charge in [-0.25, -0.2) is 4.98 Å². The van der Waals surface area contributed by atoms with E-state index in [0.717, 1.165) is 18.4 Å². The first kappa shape index (κ1) is 21.3. The summed E-state index contributed by atoms with van der Waals surface area (Å²) in [6, 6.07) is 12.8. The van der Waals surface area contributed by atoms with E-state index in [4.69, 9.17) is 0 Å². The third-order valence-corrected chi connectivity index (χ3v) is 4.60. The van der Waals surface area contributed by atoms with Crippen molar-refractivity contribution in [2.24, 2.45) is 0 Å². The number of carbonyl (C=O) groups is 2. The Morgan fingerprint density at radius 2 is 1.83 bits per heavy atom. The number of hydrogen-bond donors (Lipinski definition) is 1. The zero-order chi connectivity index (χ0) is 21.6. The van der Waals surface area contributed by atoms with Gasteiger partial charge in [-0.1, -0.05) is 36.4 Å². The van der Waals surface area contributed by atoms with Crippen molar-refractivity contribution in [3.05, 3.63) is 71.9 Å². The maximum Gasteiger partial charge on any atom is 0.471 e. The molecule has 0 radical (unpaired) electrons. The number of benzene rings is 1. The largest absolute Gasteiger partial charge is 0.471 e. The lowest BCUT2D eigenvalue weighted by atomic mass is 10.0. The van der Waals surface area contributed by atoms with Crippen LogP contribution in [0.1, 0.15) is 24.0 Å². The first-order chi connectivity index (χ1) is 14.3. The number of pyridine rings is 1. The Morgan fingerprint density at radius 3 is 2.50 bits per heavy atom. The molecule has 0 atom stereocenters. The Balaban J connectivity index is 1.55.